The van der Waals surface area contributed by atoms with Crippen LogP contribution in [-0.2, 0) is 32.7 Å². The number of hydrogen-bond acceptors (Lipinski definition) is 0. The highest BCUT2D eigenvalue weighted by Gasteiger charge is 2.34. The normalized spacial score (nSPS) is 19.3. The minimum absolute atomic E-state index is 0.0391. The summed E-state index contributed by atoms with van der Waals surface area (Å²) >= 11 is 0. The van der Waals surface area contributed by atoms with Crippen LogP contribution in [0.2, 0.25) is 0 Å². The second-order valence-electron chi connectivity index (χ2n) is 34.6. The van der Waals surface area contributed by atoms with Crippen LogP contribution in [0, 0.1) is 0 Å². The summed E-state index contributed by atoms with van der Waals surface area (Å²) in [6.45, 7) is 0. The van der Waals surface area contributed by atoms with Gasteiger partial charge in [0.25, 0.3) is 0 Å². The first-order valence-corrected chi connectivity index (χ1v) is 49.8. The molecule has 9 aromatic carbocycles. The Bertz CT molecular complexity index is 3620. The van der Waals surface area contributed by atoms with Gasteiger partial charge in [-0.15, -0.1) is 0 Å². The van der Waals surface area contributed by atoms with Gasteiger partial charge in [-0.3, -0.25) is 0 Å². The molecule has 3 heteroatoms. The first-order valence-electron chi connectivity index (χ1n) is 46.1. The lowest BCUT2D eigenvalue weighted by Crippen LogP contribution is -2.08. The van der Waals surface area contributed by atoms with Gasteiger partial charge in [0, 0.05) is 0 Å². The van der Waals surface area contributed by atoms with Crippen LogP contribution in [0.15, 0.2) is 281 Å². The van der Waals surface area contributed by atoms with Gasteiger partial charge in [-0.05, 0) is 255 Å². The molecule has 6 aliphatic rings. The van der Waals surface area contributed by atoms with E-state index in [-0.39, 0.29) is 32.7 Å². The van der Waals surface area contributed by atoms with Gasteiger partial charge in [0.1, 0.15) is 0 Å². The van der Waals surface area contributed by atoms with Crippen molar-refractivity contribution in [3.05, 3.63) is 270 Å². The molecule has 0 nitrogen and oxygen atoms in total. The van der Waals surface area contributed by atoms with Crippen molar-refractivity contribution < 1.29 is 0 Å². The molecule has 0 atom stereocenters. The van der Waals surface area contributed by atoms with E-state index < -0.39 is 0 Å². The molecule has 111 heavy (non-hydrogen) atoms. The van der Waals surface area contributed by atoms with Crippen LogP contribution >= 0.6 is 0 Å². The van der Waals surface area contributed by atoms with E-state index in [1.807, 2.05) is 0 Å². The predicted molar refractivity (Wildman–Crippen MR) is 483 cm³/mol. The lowest BCUT2D eigenvalue weighted by molar-refractivity contribution is 0.455. The smallest absolute Gasteiger partial charge is 0.0619 e. The molecule has 0 saturated heterocycles. The zero-order valence-corrected chi connectivity index (χ0v) is 71.1. The number of benzene rings is 9. The van der Waals surface area contributed by atoms with Gasteiger partial charge in [-0.1, -0.05) is 359 Å². The summed E-state index contributed by atoms with van der Waals surface area (Å²) in [4.78, 5) is 13.0. The molecular weight excluding hydrogens is 1390 g/mol. The summed E-state index contributed by atoms with van der Waals surface area (Å²) in [6.07, 6.45) is 67.5. The molecule has 0 spiro atoms. The Kier molecular flexibility index (Phi) is 35.3. The van der Waals surface area contributed by atoms with Crippen LogP contribution in [0.4, 0.5) is 0 Å². The summed E-state index contributed by atoms with van der Waals surface area (Å²) in [5.74, 6) is 4.49. The molecule has 0 radical (unpaired) electrons. The Morgan fingerprint density at radius 1 is 0.117 bits per heavy atom. The van der Waals surface area contributed by atoms with Crippen molar-refractivity contribution in [1.29, 1.82) is 0 Å². The second kappa shape index (κ2) is 47.2. The molecule has 0 N–H and O–H groups in total. The van der Waals surface area contributed by atoms with E-state index in [0.717, 1.165) is 35.5 Å². The Morgan fingerprint density at radius 2 is 0.225 bits per heavy atom. The molecule has 6 fully saturated rings. The summed E-state index contributed by atoms with van der Waals surface area (Å²) in [7, 11) is -0.176. The fourth-order valence-corrected chi connectivity index (χ4v) is 26.1. The van der Waals surface area contributed by atoms with Crippen molar-refractivity contribution in [2.24, 2.45) is 0 Å². The number of hydrogen-bond donors (Lipinski definition) is 0. The van der Waals surface area contributed by atoms with Crippen molar-refractivity contribution in [2.45, 2.75) is 388 Å². The van der Waals surface area contributed by atoms with Gasteiger partial charge < -0.3 is 0 Å². The van der Waals surface area contributed by atoms with Crippen LogP contribution in [0.5, 0.6) is 0 Å². The van der Waals surface area contributed by atoms with Crippen molar-refractivity contribution in [2.75, 3.05) is 0 Å². The van der Waals surface area contributed by atoms with Crippen molar-refractivity contribution >= 4 is 32.7 Å². The lowest BCUT2D eigenvalue weighted by atomic mass is 9.86. The third-order valence-corrected chi connectivity index (χ3v) is 33.3. The quantitative estimate of drug-likeness (QED) is 0.0898. The molecule has 9 aromatic rings. The molecule has 6 saturated carbocycles. The highest BCUT2D eigenvalue weighted by atomic mass is 32.2. The summed E-state index contributed by atoms with van der Waals surface area (Å²) in [5, 5.41) is 0. The fraction of sp³-hybridized carbons (Fsp3) is 0.500. The Balaban J connectivity index is 0.000000149. The Labute approximate surface area is 685 Å². The van der Waals surface area contributed by atoms with E-state index >= 15 is 0 Å². The molecule has 0 bridgehead atoms. The van der Waals surface area contributed by atoms with Crippen molar-refractivity contribution in [3.63, 3.8) is 0 Å². The third kappa shape index (κ3) is 26.0. The molecule has 0 amide bonds. The van der Waals surface area contributed by atoms with E-state index in [0.29, 0.717) is 0 Å². The molecule has 0 aromatic heterocycles. The molecule has 6 aliphatic carbocycles. The minimum Gasteiger partial charge on any atom is -0.0619 e. The van der Waals surface area contributed by atoms with Gasteiger partial charge in [0.15, 0.2) is 44.1 Å². The Morgan fingerprint density at radius 3 is 0.351 bits per heavy atom. The summed E-state index contributed by atoms with van der Waals surface area (Å²) in [5.41, 5.74) is 9.43. The third-order valence-electron chi connectivity index (χ3n) is 26.6. The standard InChI is InChI=1S/C42H57S.C38H51S.C28H33S/c1-4-10-16-34(17-11-5-1)37-22-28-40(29-23-37)43(41-30-24-38(25-31-41)35-18-12-6-2-7-13-19-35)42-32-26-39(27-33-42)36-20-14-8-3-9-15-21-36;1-3-7-12-18-32(19-13-8-4-1)34-24-28-37(29-25-34)39(36-22-16-11-17-23-36)38-30-26-35(27-31-38)33-20-14-9-5-2-6-10-15-21-33;1-2-4-8-14-24(15-9-5-3-1)25-20-22-28(23-21-25)29(26-16-10-6-11-17-26)27-18-12-7-13-19-27/h22-36H,1-21H2;11,16-17,22-33H,1-10,12-15,18-21H2;6-7,10-13,16-24H,1-5,8-9,14-15H2/q3*+1. The van der Waals surface area contributed by atoms with Gasteiger partial charge in [-0.25, -0.2) is 0 Å². The van der Waals surface area contributed by atoms with Crippen LogP contribution in [0.3, 0.4) is 0 Å². The van der Waals surface area contributed by atoms with Crippen LogP contribution in [0.25, 0.3) is 0 Å². The highest BCUT2D eigenvalue weighted by molar-refractivity contribution is 7.97. The van der Waals surface area contributed by atoms with Gasteiger partial charge in [0.2, 0.25) is 0 Å². The van der Waals surface area contributed by atoms with Gasteiger partial charge >= 0.3 is 0 Å². The summed E-state index contributed by atoms with van der Waals surface area (Å²) < 4.78 is 0. The van der Waals surface area contributed by atoms with E-state index in [9.17, 15) is 0 Å². The van der Waals surface area contributed by atoms with E-state index in [4.69, 9.17) is 0 Å². The molecule has 0 aliphatic heterocycles. The second-order valence-corrected chi connectivity index (χ2v) is 40.7. The molecule has 588 valence electrons. The lowest BCUT2D eigenvalue weighted by Gasteiger charge is -2.21. The fourth-order valence-electron chi connectivity index (χ4n) is 19.9. The summed E-state index contributed by atoms with van der Waals surface area (Å²) in [6, 6.07) is 92.4. The van der Waals surface area contributed by atoms with Crippen molar-refractivity contribution in [1.82, 2.24) is 0 Å². The zero-order chi connectivity index (χ0) is 75.4. The predicted octanol–water partition coefficient (Wildman–Crippen LogP) is 33.7. The zero-order valence-electron chi connectivity index (χ0n) is 68.6. The number of rotatable bonds is 15. The SMILES string of the molecule is c1cc([S+](c2ccc(C3CCCCCCC3)cc2)c2ccc(C3CCCCCCC3)cc2)ccc1C1CCCCCCC1.c1ccc([S+](c2ccc(C3CCCCCCCCC3)cc2)c2ccc(C3CCCCCCCCC3)cc2)cc1.c1ccc([S+](c2ccccc2)c2ccc(C3CCCCCCCCC3)cc2)cc1. The first-order chi connectivity index (χ1) is 55.1. The average Bonchev–Trinajstić information content (AvgIpc) is 0.808. The first kappa shape index (κ1) is 83.0. The topological polar surface area (TPSA) is 0 Å². The largest absolute Gasteiger partial charge is 0.166 e. The molecular formula is C108H141S3+3. The maximum atomic E-state index is 2.49. The van der Waals surface area contributed by atoms with E-state index in [1.54, 1.807) is 33.4 Å². The Hall–Kier alpha value is -5.97. The van der Waals surface area contributed by atoms with Crippen LogP contribution < -0.4 is 0 Å². The minimum atomic E-state index is -0.0729. The molecule has 15 rings (SSSR count). The maximum absolute atomic E-state index is 2.49. The van der Waals surface area contributed by atoms with Gasteiger partial charge in [-0.2, -0.15) is 0 Å². The molecule has 0 unspecified atom stereocenters. The average molecular weight is 1540 g/mol. The maximum Gasteiger partial charge on any atom is 0.166 e. The van der Waals surface area contributed by atoms with E-state index in [2.05, 4.69) is 237 Å². The van der Waals surface area contributed by atoms with Crippen LogP contribution in [-0.4, -0.2) is 0 Å². The molecule has 0 heterocycles. The van der Waals surface area contributed by atoms with Crippen molar-refractivity contribution in [3.8, 4) is 0 Å². The van der Waals surface area contributed by atoms with E-state index in [1.165, 1.54) is 352 Å². The van der Waals surface area contributed by atoms with Crippen LogP contribution in [0.1, 0.15) is 377 Å². The van der Waals surface area contributed by atoms with Gasteiger partial charge in [0.05, 0.1) is 32.7 Å². The monoisotopic (exact) mass is 1530 g/mol. The highest BCUT2D eigenvalue weighted by Crippen LogP contribution is 2.43.